The molecule has 1 amide bonds. The van der Waals surface area contributed by atoms with Crippen LogP contribution < -0.4 is 5.32 Å². The number of aromatic nitrogens is 2. The number of aromatic amines is 1. The average Bonchev–Trinajstić information content (AvgIpc) is 2.83. The van der Waals surface area contributed by atoms with Gasteiger partial charge in [0.2, 0.25) is 0 Å². The Kier molecular flexibility index (Phi) is 3.39. The second-order valence-corrected chi connectivity index (χ2v) is 4.83. The molecule has 0 saturated carbocycles. The summed E-state index contributed by atoms with van der Waals surface area (Å²) in [5.41, 5.74) is 2.52. The minimum Gasteiger partial charge on any atom is -0.358 e. The van der Waals surface area contributed by atoms with E-state index >= 15 is 0 Å². The Labute approximate surface area is 121 Å². The molecule has 5 heteroatoms. The van der Waals surface area contributed by atoms with Gasteiger partial charge in [-0.2, -0.15) is 0 Å². The van der Waals surface area contributed by atoms with Gasteiger partial charge < -0.3 is 10.3 Å². The van der Waals surface area contributed by atoms with Crippen LogP contribution in [0, 0.1) is 12.7 Å². The number of amides is 1. The van der Waals surface area contributed by atoms with Gasteiger partial charge in [-0.25, -0.2) is 4.39 Å². The average molecular weight is 283 g/mol. The molecule has 0 unspecified atom stereocenters. The number of benzene rings is 1. The maximum Gasteiger partial charge on any atom is 0.254 e. The molecular formula is C16H14FN3O. The minimum absolute atomic E-state index is 0.298. The third-order valence-corrected chi connectivity index (χ3v) is 3.36. The fraction of sp³-hybridized carbons (Fsp3) is 0.125. The summed E-state index contributed by atoms with van der Waals surface area (Å²) < 4.78 is 14.0. The number of hydrogen-bond donors (Lipinski definition) is 2. The summed E-state index contributed by atoms with van der Waals surface area (Å²) in [7, 11) is 0. The third-order valence-electron chi connectivity index (χ3n) is 3.36. The number of H-pyrrole nitrogens is 1. The highest BCUT2D eigenvalue weighted by atomic mass is 19.1. The van der Waals surface area contributed by atoms with Crippen molar-refractivity contribution in [1.29, 1.82) is 0 Å². The van der Waals surface area contributed by atoms with Crippen molar-refractivity contribution >= 4 is 16.8 Å². The Bertz CT molecular complexity index is 796. The van der Waals surface area contributed by atoms with Gasteiger partial charge in [-0.3, -0.25) is 9.78 Å². The van der Waals surface area contributed by atoms with Gasteiger partial charge in [0.25, 0.3) is 5.91 Å². The van der Waals surface area contributed by atoms with Crippen LogP contribution in [0.3, 0.4) is 0 Å². The molecule has 2 N–H and O–H groups in total. The Morgan fingerprint density at radius 3 is 2.95 bits per heavy atom. The second kappa shape index (κ2) is 5.36. The number of nitrogens with zero attached hydrogens (tertiary/aromatic N) is 1. The number of pyridine rings is 1. The Morgan fingerprint density at radius 2 is 2.19 bits per heavy atom. The van der Waals surface area contributed by atoms with E-state index in [4.69, 9.17) is 0 Å². The van der Waals surface area contributed by atoms with Gasteiger partial charge in [-0.15, -0.1) is 0 Å². The maximum absolute atomic E-state index is 14.0. The van der Waals surface area contributed by atoms with Crippen molar-refractivity contribution in [2.75, 3.05) is 0 Å². The SMILES string of the molecule is Cc1[nH]c2cccc(F)c2c1C(=O)NCc1cccnc1. The largest absolute Gasteiger partial charge is 0.358 e. The van der Waals surface area contributed by atoms with E-state index in [0.717, 1.165) is 5.56 Å². The zero-order chi connectivity index (χ0) is 14.8. The quantitative estimate of drug-likeness (QED) is 0.776. The smallest absolute Gasteiger partial charge is 0.254 e. The fourth-order valence-electron chi connectivity index (χ4n) is 2.39. The van der Waals surface area contributed by atoms with Crippen LogP contribution in [-0.4, -0.2) is 15.9 Å². The van der Waals surface area contributed by atoms with E-state index in [9.17, 15) is 9.18 Å². The standard InChI is InChI=1S/C16H14FN3O/c1-10-14(15-12(17)5-2-6-13(15)20-10)16(21)19-9-11-4-3-7-18-8-11/h2-8,20H,9H2,1H3,(H,19,21). The molecule has 0 bridgehead atoms. The number of rotatable bonds is 3. The Morgan fingerprint density at radius 1 is 1.33 bits per heavy atom. The highest BCUT2D eigenvalue weighted by Crippen LogP contribution is 2.24. The first-order chi connectivity index (χ1) is 10.2. The van der Waals surface area contributed by atoms with Gasteiger partial charge in [0, 0.05) is 35.5 Å². The molecule has 3 rings (SSSR count). The lowest BCUT2D eigenvalue weighted by atomic mass is 10.1. The van der Waals surface area contributed by atoms with Crippen molar-refractivity contribution in [3.63, 3.8) is 0 Å². The van der Waals surface area contributed by atoms with E-state index in [0.29, 0.717) is 28.7 Å². The lowest BCUT2D eigenvalue weighted by molar-refractivity contribution is 0.0951. The van der Waals surface area contributed by atoms with Gasteiger partial charge in [0.1, 0.15) is 5.82 Å². The summed E-state index contributed by atoms with van der Waals surface area (Å²) in [6.07, 6.45) is 3.35. The van der Waals surface area contributed by atoms with Crippen molar-refractivity contribution < 1.29 is 9.18 Å². The molecule has 106 valence electrons. The van der Waals surface area contributed by atoms with Crippen molar-refractivity contribution in [3.05, 3.63) is 65.4 Å². The number of aryl methyl sites for hydroxylation is 1. The zero-order valence-electron chi connectivity index (χ0n) is 11.5. The number of carbonyl (C=O) groups excluding carboxylic acids is 1. The van der Waals surface area contributed by atoms with Crippen molar-refractivity contribution in [1.82, 2.24) is 15.3 Å². The van der Waals surface area contributed by atoms with Crippen LogP contribution >= 0.6 is 0 Å². The van der Waals surface area contributed by atoms with Crippen LogP contribution in [-0.2, 0) is 6.54 Å². The van der Waals surface area contributed by atoms with E-state index in [1.165, 1.54) is 6.07 Å². The molecule has 0 aliphatic rings. The second-order valence-electron chi connectivity index (χ2n) is 4.83. The molecule has 0 spiro atoms. The maximum atomic E-state index is 14.0. The minimum atomic E-state index is -0.400. The molecule has 2 aromatic heterocycles. The lowest BCUT2D eigenvalue weighted by Gasteiger charge is -2.05. The van der Waals surface area contributed by atoms with Gasteiger partial charge in [0.15, 0.2) is 0 Å². The predicted octanol–water partition coefficient (Wildman–Crippen LogP) is 2.94. The molecule has 0 aliphatic carbocycles. The first-order valence-corrected chi connectivity index (χ1v) is 6.60. The van der Waals surface area contributed by atoms with Gasteiger partial charge in [0.05, 0.1) is 5.56 Å². The molecule has 0 saturated heterocycles. The molecule has 0 aliphatic heterocycles. The Hall–Kier alpha value is -2.69. The molecule has 2 heterocycles. The summed E-state index contributed by atoms with van der Waals surface area (Å²) >= 11 is 0. The van der Waals surface area contributed by atoms with E-state index in [1.807, 2.05) is 6.07 Å². The molecule has 0 fully saturated rings. The zero-order valence-corrected chi connectivity index (χ0v) is 11.5. The monoisotopic (exact) mass is 283 g/mol. The molecule has 1 aromatic carbocycles. The first kappa shape index (κ1) is 13.3. The van der Waals surface area contributed by atoms with Crippen LogP contribution in [0.15, 0.2) is 42.7 Å². The molecule has 0 atom stereocenters. The van der Waals surface area contributed by atoms with E-state index in [2.05, 4.69) is 15.3 Å². The van der Waals surface area contributed by atoms with E-state index in [1.54, 1.807) is 37.5 Å². The molecule has 4 nitrogen and oxygen atoms in total. The van der Waals surface area contributed by atoms with Crippen LogP contribution in [0.2, 0.25) is 0 Å². The normalized spacial score (nSPS) is 10.8. The number of halogens is 1. The highest BCUT2D eigenvalue weighted by Gasteiger charge is 2.18. The van der Waals surface area contributed by atoms with Gasteiger partial charge in [-0.05, 0) is 30.7 Å². The van der Waals surface area contributed by atoms with Crippen LogP contribution in [0.4, 0.5) is 4.39 Å². The number of carbonyl (C=O) groups is 1. The first-order valence-electron chi connectivity index (χ1n) is 6.60. The van der Waals surface area contributed by atoms with Crippen molar-refractivity contribution in [3.8, 4) is 0 Å². The summed E-state index contributed by atoms with van der Waals surface area (Å²) in [6, 6.07) is 8.40. The fourth-order valence-corrected chi connectivity index (χ4v) is 2.39. The van der Waals surface area contributed by atoms with E-state index < -0.39 is 5.82 Å². The molecular weight excluding hydrogens is 269 g/mol. The van der Waals surface area contributed by atoms with Gasteiger partial charge >= 0.3 is 0 Å². The van der Waals surface area contributed by atoms with Crippen LogP contribution in [0.5, 0.6) is 0 Å². The highest BCUT2D eigenvalue weighted by molar-refractivity contribution is 6.08. The predicted molar refractivity (Wildman–Crippen MR) is 78.4 cm³/mol. The Balaban J connectivity index is 1.90. The van der Waals surface area contributed by atoms with Crippen molar-refractivity contribution in [2.45, 2.75) is 13.5 Å². The summed E-state index contributed by atoms with van der Waals surface area (Å²) in [4.78, 5) is 19.4. The number of fused-ring (bicyclic) bond motifs is 1. The van der Waals surface area contributed by atoms with E-state index in [-0.39, 0.29) is 5.91 Å². The summed E-state index contributed by atoms with van der Waals surface area (Å²) in [6.45, 7) is 2.12. The molecule has 0 radical (unpaired) electrons. The molecule has 3 aromatic rings. The molecule has 21 heavy (non-hydrogen) atoms. The topological polar surface area (TPSA) is 57.8 Å². The van der Waals surface area contributed by atoms with Gasteiger partial charge in [-0.1, -0.05) is 12.1 Å². The summed E-state index contributed by atoms with van der Waals surface area (Å²) in [5.74, 6) is -0.698. The van der Waals surface area contributed by atoms with Crippen LogP contribution in [0.25, 0.3) is 10.9 Å². The third kappa shape index (κ3) is 2.50. The lowest BCUT2D eigenvalue weighted by Crippen LogP contribution is -2.23. The van der Waals surface area contributed by atoms with Crippen LogP contribution in [0.1, 0.15) is 21.6 Å². The number of nitrogens with one attached hydrogen (secondary N) is 2. The number of hydrogen-bond acceptors (Lipinski definition) is 2. The van der Waals surface area contributed by atoms with Crippen molar-refractivity contribution in [2.24, 2.45) is 0 Å². The summed E-state index contributed by atoms with van der Waals surface area (Å²) in [5, 5.41) is 3.13.